The average molecular weight is 231 g/mol. The second-order valence-electron chi connectivity index (χ2n) is 5.23. The standard InChI is InChI=1S/C14H17NO2/c16-13-6-7-14(10-17-11-14)9-15(13)8-12-4-2-1-3-5-12/h1-5H,6-11H2. The van der Waals surface area contributed by atoms with Crippen LogP contribution in [-0.4, -0.2) is 30.6 Å². The molecule has 1 aromatic carbocycles. The van der Waals surface area contributed by atoms with Crippen LogP contribution in [0.2, 0.25) is 0 Å². The zero-order chi connectivity index (χ0) is 11.7. The molecular formula is C14H17NO2. The molecule has 2 aliphatic rings. The highest BCUT2D eigenvalue weighted by molar-refractivity contribution is 5.77. The first-order valence-corrected chi connectivity index (χ1v) is 6.17. The third kappa shape index (κ3) is 2.07. The van der Waals surface area contributed by atoms with E-state index in [0.717, 1.165) is 32.7 Å². The Labute approximate surface area is 101 Å². The number of hydrogen-bond donors (Lipinski definition) is 0. The Morgan fingerprint density at radius 1 is 1.24 bits per heavy atom. The van der Waals surface area contributed by atoms with Crippen LogP contribution in [0.3, 0.4) is 0 Å². The van der Waals surface area contributed by atoms with Crippen molar-refractivity contribution in [3.05, 3.63) is 35.9 Å². The van der Waals surface area contributed by atoms with E-state index in [1.54, 1.807) is 0 Å². The number of ether oxygens (including phenoxy) is 1. The quantitative estimate of drug-likeness (QED) is 0.777. The van der Waals surface area contributed by atoms with Crippen molar-refractivity contribution in [2.75, 3.05) is 19.8 Å². The molecule has 0 N–H and O–H groups in total. The number of nitrogens with zero attached hydrogens (tertiary/aromatic N) is 1. The SMILES string of the molecule is O=C1CCC2(COC2)CN1Cc1ccccc1. The van der Waals surface area contributed by atoms with Gasteiger partial charge in [-0.05, 0) is 12.0 Å². The summed E-state index contributed by atoms with van der Waals surface area (Å²) in [7, 11) is 0. The van der Waals surface area contributed by atoms with Crippen molar-refractivity contribution in [2.24, 2.45) is 5.41 Å². The summed E-state index contributed by atoms with van der Waals surface area (Å²) in [5.74, 6) is 0.284. The number of benzene rings is 1. The van der Waals surface area contributed by atoms with Gasteiger partial charge in [0.15, 0.2) is 0 Å². The van der Waals surface area contributed by atoms with Gasteiger partial charge >= 0.3 is 0 Å². The molecule has 3 nitrogen and oxygen atoms in total. The summed E-state index contributed by atoms with van der Waals surface area (Å²) >= 11 is 0. The highest BCUT2D eigenvalue weighted by Crippen LogP contribution is 2.37. The Bertz CT molecular complexity index is 411. The summed E-state index contributed by atoms with van der Waals surface area (Å²) in [5, 5.41) is 0. The molecule has 0 radical (unpaired) electrons. The van der Waals surface area contributed by atoms with Gasteiger partial charge in [0.05, 0.1) is 13.2 Å². The van der Waals surface area contributed by atoms with Crippen LogP contribution in [-0.2, 0) is 16.1 Å². The summed E-state index contributed by atoms with van der Waals surface area (Å²) in [6.07, 6.45) is 1.67. The predicted molar refractivity (Wildman–Crippen MR) is 64.3 cm³/mol. The molecule has 3 rings (SSSR count). The molecule has 90 valence electrons. The minimum atomic E-state index is 0.267. The molecule has 1 aromatic rings. The maximum absolute atomic E-state index is 11.9. The Morgan fingerprint density at radius 3 is 2.65 bits per heavy atom. The van der Waals surface area contributed by atoms with Crippen molar-refractivity contribution < 1.29 is 9.53 Å². The zero-order valence-corrected chi connectivity index (χ0v) is 9.89. The van der Waals surface area contributed by atoms with Crippen LogP contribution in [0.5, 0.6) is 0 Å². The first-order valence-electron chi connectivity index (χ1n) is 6.17. The van der Waals surface area contributed by atoms with Gasteiger partial charge in [0.25, 0.3) is 0 Å². The molecular weight excluding hydrogens is 214 g/mol. The van der Waals surface area contributed by atoms with Crippen molar-refractivity contribution in [2.45, 2.75) is 19.4 Å². The summed E-state index contributed by atoms with van der Waals surface area (Å²) < 4.78 is 5.31. The molecule has 1 amide bonds. The van der Waals surface area contributed by atoms with Crippen LogP contribution in [0.15, 0.2) is 30.3 Å². The van der Waals surface area contributed by atoms with Gasteiger partial charge in [-0.25, -0.2) is 0 Å². The van der Waals surface area contributed by atoms with Gasteiger partial charge in [0.1, 0.15) is 0 Å². The highest BCUT2D eigenvalue weighted by atomic mass is 16.5. The van der Waals surface area contributed by atoms with Crippen LogP contribution in [0.1, 0.15) is 18.4 Å². The van der Waals surface area contributed by atoms with E-state index in [4.69, 9.17) is 4.74 Å². The topological polar surface area (TPSA) is 29.5 Å². The molecule has 0 aliphatic carbocycles. The van der Waals surface area contributed by atoms with E-state index in [0.29, 0.717) is 6.42 Å². The predicted octanol–water partition coefficient (Wildman–Crippen LogP) is 1.83. The van der Waals surface area contributed by atoms with Crippen LogP contribution < -0.4 is 0 Å². The van der Waals surface area contributed by atoms with Crippen LogP contribution in [0.4, 0.5) is 0 Å². The number of likely N-dealkylation sites (tertiary alicyclic amines) is 1. The Hall–Kier alpha value is -1.35. The fraction of sp³-hybridized carbons (Fsp3) is 0.500. The number of amides is 1. The molecule has 0 saturated carbocycles. The maximum Gasteiger partial charge on any atom is 0.222 e. The fourth-order valence-electron chi connectivity index (χ4n) is 2.68. The first-order chi connectivity index (χ1) is 8.27. The first kappa shape index (κ1) is 10.8. The lowest BCUT2D eigenvalue weighted by Crippen LogP contribution is -2.55. The molecule has 0 unspecified atom stereocenters. The van der Waals surface area contributed by atoms with E-state index in [1.807, 2.05) is 23.1 Å². The van der Waals surface area contributed by atoms with E-state index >= 15 is 0 Å². The fourth-order valence-corrected chi connectivity index (χ4v) is 2.68. The van der Waals surface area contributed by atoms with E-state index in [2.05, 4.69) is 12.1 Å². The van der Waals surface area contributed by atoms with E-state index in [9.17, 15) is 4.79 Å². The monoisotopic (exact) mass is 231 g/mol. The molecule has 2 aliphatic heterocycles. The van der Waals surface area contributed by atoms with Crippen molar-refractivity contribution >= 4 is 5.91 Å². The van der Waals surface area contributed by atoms with Gasteiger partial charge in [0.2, 0.25) is 5.91 Å². The molecule has 0 bridgehead atoms. The van der Waals surface area contributed by atoms with Gasteiger partial charge in [-0.15, -0.1) is 0 Å². The molecule has 17 heavy (non-hydrogen) atoms. The van der Waals surface area contributed by atoms with Gasteiger partial charge in [-0.1, -0.05) is 30.3 Å². The van der Waals surface area contributed by atoms with Crippen LogP contribution in [0.25, 0.3) is 0 Å². The molecule has 2 fully saturated rings. The normalized spacial score (nSPS) is 22.6. The number of carbonyl (C=O) groups excluding carboxylic acids is 1. The lowest BCUT2D eigenvalue weighted by Gasteiger charge is -2.48. The Kier molecular flexibility index (Phi) is 2.63. The summed E-state index contributed by atoms with van der Waals surface area (Å²) in [5.41, 5.74) is 1.47. The molecule has 2 saturated heterocycles. The largest absolute Gasteiger partial charge is 0.380 e. The van der Waals surface area contributed by atoms with Crippen molar-refractivity contribution in [3.63, 3.8) is 0 Å². The van der Waals surface area contributed by atoms with E-state index in [-0.39, 0.29) is 11.3 Å². The van der Waals surface area contributed by atoms with Gasteiger partial charge in [-0.3, -0.25) is 4.79 Å². The average Bonchev–Trinajstić information content (AvgIpc) is 2.31. The smallest absolute Gasteiger partial charge is 0.222 e. The third-order valence-corrected chi connectivity index (χ3v) is 3.78. The second-order valence-corrected chi connectivity index (χ2v) is 5.23. The molecule has 3 heteroatoms. The lowest BCUT2D eigenvalue weighted by atomic mass is 9.78. The zero-order valence-electron chi connectivity index (χ0n) is 9.89. The number of carbonyl (C=O) groups is 1. The van der Waals surface area contributed by atoms with Gasteiger partial charge < -0.3 is 9.64 Å². The summed E-state index contributed by atoms with van der Waals surface area (Å²) in [4.78, 5) is 13.9. The Morgan fingerprint density at radius 2 is 2.00 bits per heavy atom. The van der Waals surface area contributed by atoms with Gasteiger partial charge in [0, 0.05) is 24.9 Å². The minimum absolute atomic E-state index is 0.267. The highest BCUT2D eigenvalue weighted by Gasteiger charge is 2.44. The summed E-state index contributed by atoms with van der Waals surface area (Å²) in [6, 6.07) is 10.2. The molecule has 0 atom stereocenters. The summed E-state index contributed by atoms with van der Waals surface area (Å²) in [6.45, 7) is 3.25. The van der Waals surface area contributed by atoms with E-state index < -0.39 is 0 Å². The van der Waals surface area contributed by atoms with Crippen molar-refractivity contribution in [3.8, 4) is 0 Å². The number of hydrogen-bond acceptors (Lipinski definition) is 2. The van der Waals surface area contributed by atoms with E-state index in [1.165, 1.54) is 5.56 Å². The molecule has 0 aromatic heterocycles. The second kappa shape index (κ2) is 4.15. The molecule has 1 spiro atoms. The van der Waals surface area contributed by atoms with Crippen LogP contribution in [0, 0.1) is 5.41 Å². The minimum Gasteiger partial charge on any atom is -0.380 e. The van der Waals surface area contributed by atoms with Gasteiger partial charge in [-0.2, -0.15) is 0 Å². The molecule has 2 heterocycles. The lowest BCUT2D eigenvalue weighted by molar-refractivity contribution is -0.165. The van der Waals surface area contributed by atoms with Crippen molar-refractivity contribution in [1.29, 1.82) is 0 Å². The Balaban J connectivity index is 1.70. The van der Waals surface area contributed by atoms with Crippen molar-refractivity contribution in [1.82, 2.24) is 4.90 Å². The number of rotatable bonds is 2. The third-order valence-electron chi connectivity index (χ3n) is 3.78. The van der Waals surface area contributed by atoms with Crippen LogP contribution >= 0.6 is 0 Å². The number of piperidine rings is 1. The maximum atomic E-state index is 11.9.